The van der Waals surface area contributed by atoms with E-state index in [4.69, 9.17) is 9.47 Å². The molecule has 8 nitrogen and oxygen atoms in total. The van der Waals surface area contributed by atoms with E-state index in [0.717, 1.165) is 0 Å². The Morgan fingerprint density at radius 1 is 1.09 bits per heavy atom. The number of nitro benzene ring substituents is 1. The van der Waals surface area contributed by atoms with Gasteiger partial charge >= 0.3 is 0 Å². The van der Waals surface area contributed by atoms with E-state index in [1.54, 1.807) is 24.3 Å². The highest BCUT2D eigenvalue weighted by molar-refractivity contribution is 5.96. The quantitative estimate of drug-likeness (QED) is 0.574. The first kappa shape index (κ1) is 13.3. The molecule has 0 radical (unpaired) electrons. The number of nitro groups is 1. The Labute approximate surface area is 128 Å². The number of hydrogen-bond donors (Lipinski definition) is 1. The molecule has 114 valence electrons. The molecule has 0 fully saturated rings. The Morgan fingerprint density at radius 2 is 1.74 bits per heavy atom. The van der Waals surface area contributed by atoms with Crippen LogP contribution >= 0.6 is 0 Å². The number of ether oxygens (including phenoxy) is 2. The van der Waals surface area contributed by atoms with E-state index in [-0.39, 0.29) is 18.0 Å². The summed E-state index contributed by atoms with van der Waals surface area (Å²) < 4.78 is 10.6. The lowest BCUT2D eigenvalue weighted by Crippen LogP contribution is -2.09. The molecule has 1 N–H and O–H groups in total. The number of aromatic amines is 1. The van der Waals surface area contributed by atoms with Crippen molar-refractivity contribution in [3.8, 4) is 22.8 Å². The first-order chi connectivity index (χ1) is 11.1. The average Bonchev–Trinajstić information content (AvgIpc) is 3.01. The Hall–Kier alpha value is -3.42. The molecule has 0 saturated carbocycles. The van der Waals surface area contributed by atoms with Gasteiger partial charge in [-0.15, -0.1) is 0 Å². The molecule has 4 rings (SSSR count). The van der Waals surface area contributed by atoms with Crippen LogP contribution in [0.4, 0.5) is 5.69 Å². The van der Waals surface area contributed by atoms with Gasteiger partial charge in [-0.25, -0.2) is 5.10 Å². The third-order valence-electron chi connectivity index (χ3n) is 3.63. The zero-order valence-corrected chi connectivity index (χ0v) is 11.6. The molecule has 8 heteroatoms. The number of aromatic nitrogens is 2. The van der Waals surface area contributed by atoms with Gasteiger partial charge in [0.1, 0.15) is 0 Å². The fourth-order valence-electron chi connectivity index (χ4n) is 2.51. The Morgan fingerprint density at radius 3 is 2.39 bits per heavy atom. The van der Waals surface area contributed by atoms with Crippen LogP contribution in [0.3, 0.4) is 0 Å². The summed E-state index contributed by atoms with van der Waals surface area (Å²) in [6.07, 6.45) is 0. The van der Waals surface area contributed by atoms with Crippen molar-refractivity contribution < 1.29 is 14.4 Å². The van der Waals surface area contributed by atoms with Crippen molar-refractivity contribution in [1.82, 2.24) is 10.2 Å². The summed E-state index contributed by atoms with van der Waals surface area (Å²) >= 11 is 0. The largest absolute Gasteiger partial charge is 0.454 e. The average molecular weight is 311 g/mol. The number of benzene rings is 2. The smallest absolute Gasteiger partial charge is 0.272 e. The van der Waals surface area contributed by atoms with Crippen molar-refractivity contribution in [1.29, 1.82) is 0 Å². The number of fused-ring (bicyclic) bond motifs is 2. The monoisotopic (exact) mass is 311 g/mol. The van der Waals surface area contributed by atoms with Crippen LogP contribution in [-0.2, 0) is 0 Å². The SMILES string of the molecule is O=c1[nH]nc(-c2ccc([N+](=O)[O-])cc2)c2cc3c(cc12)OCO3. The van der Waals surface area contributed by atoms with Gasteiger partial charge in [0.2, 0.25) is 6.79 Å². The molecule has 0 atom stereocenters. The molecule has 3 aromatic rings. The molecule has 1 aromatic heterocycles. The summed E-state index contributed by atoms with van der Waals surface area (Å²) in [6.45, 7) is 0.101. The topological polar surface area (TPSA) is 107 Å². The lowest BCUT2D eigenvalue weighted by molar-refractivity contribution is -0.384. The minimum absolute atomic E-state index is 0.0138. The summed E-state index contributed by atoms with van der Waals surface area (Å²) in [6, 6.07) is 9.25. The van der Waals surface area contributed by atoms with Gasteiger partial charge in [0.25, 0.3) is 11.2 Å². The predicted octanol–water partition coefficient (Wildman–Crippen LogP) is 2.23. The number of nitrogens with zero attached hydrogens (tertiary/aromatic N) is 2. The van der Waals surface area contributed by atoms with E-state index in [9.17, 15) is 14.9 Å². The summed E-state index contributed by atoms with van der Waals surface area (Å²) in [5.74, 6) is 1.04. The van der Waals surface area contributed by atoms with E-state index in [2.05, 4.69) is 10.2 Å². The maximum Gasteiger partial charge on any atom is 0.272 e. The fourth-order valence-corrected chi connectivity index (χ4v) is 2.51. The molecule has 0 aliphatic carbocycles. The van der Waals surface area contributed by atoms with E-state index < -0.39 is 4.92 Å². The zero-order valence-electron chi connectivity index (χ0n) is 11.6. The summed E-state index contributed by atoms with van der Waals surface area (Å²) in [7, 11) is 0. The van der Waals surface area contributed by atoms with Gasteiger partial charge in [-0.05, 0) is 24.3 Å². The molecule has 0 saturated heterocycles. The normalized spacial score (nSPS) is 12.5. The van der Waals surface area contributed by atoms with Crippen molar-refractivity contribution in [3.63, 3.8) is 0 Å². The van der Waals surface area contributed by atoms with E-state index >= 15 is 0 Å². The number of H-pyrrole nitrogens is 1. The van der Waals surface area contributed by atoms with Crippen molar-refractivity contribution in [2.24, 2.45) is 0 Å². The van der Waals surface area contributed by atoms with Crippen LogP contribution in [0.15, 0.2) is 41.2 Å². The second-order valence-electron chi connectivity index (χ2n) is 4.96. The minimum Gasteiger partial charge on any atom is -0.454 e. The van der Waals surface area contributed by atoms with Crippen molar-refractivity contribution >= 4 is 16.5 Å². The summed E-state index contributed by atoms with van der Waals surface area (Å²) in [5.41, 5.74) is 0.799. The first-order valence-corrected chi connectivity index (χ1v) is 6.70. The van der Waals surface area contributed by atoms with Gasteiger partial charge < -0.3 is 9.47 Å². The number of hydrogen-bond acceptors (Lipinski definition) is 6. The van der Waals surface area contributed by atoms with Crippen molar-refractivity contribution in [2.75, 3.05) is 6.79 Å². The van der Waals surface area contributed by atoms with Crippen LogP contribution in [0.25, 0.3) is 22.0 Å². The molecule has 23 heavy (non-hydrogen) atoms. The molecule has 0 bridgehead atoms. The zero-order chi connectivity index (χ0) is 16.0. The van der Waals surface area contributed by atoms with E-state index in [1.807, 2.05) is 0 Å². The van der Waals surface area contributed by atoms with Gasteiger partial charge in [-0.3, -0.25) is 14.9 Å². The highest BCUT2D eigenvalue weighted by Crippen LogP contribution is 2.37. The maximum absolute atomic E-state index is 12.0. The highest BCUT2D eigenvalue weighted by Gasteiger charge is 2.18. The maximum atomic E-state index is 12.0. The van der Waals surface area contributed by atoms with Crippen LogP contribution < -0.4 is 15.0 Å². The molecule has 2 heterocycles. The van der Waals surface area contributed by atoms with Crippen LogP contribution in [-0.4, -0.2) is 21.9 Å². The molecule has 0 unspecified atom stereocenters. The second-order valence-corrected chi connectivity index (χ2v) is 4.96. The lowest BCUT2D eigenvalue weighted by Gasteiger charge is -2.06. The standard InChI is InChI=1S/C15H9N3O5/c19-15-11-6-13-12(22-7-23-13)5-10(11)14(16-17-15)8-1-3-9(4-2-8)18(20)21/h1-6H,7H2,(H,17,19). The van der Waals surface area contributed by atoms with Gasteiger partial charge in [0.15, 0.2) is 11.5 Å². The third-order valence-corrected chi connectivity index (χ3v) is 3.63. The molecular formula is C15H9N3O5. The minimum atomic E-state index is -0.472. The highest BCUT2D eigenvalue weighted by atomic mass is 16.7. The van der Waals surface area contributed by atoms with Gasteiger partial charge in [-0.1, -0.05) is 0 Å². The Bertz CT molecular complexity index is 994. The number of non-ortho nitro benzene ring substituents is 1. The predicted molar refractivity (Wildman–Crippen MR) is 80.6 cm³/mol. The van der Waals surface area contributed by atoms with Crippen LogP contribution in [0.5, 0.6) is 11.5 Å². The van der Waals surface area contributed by atoms with Crippen LogP contribution in [0.2, 0.25) is 0 Å². The third kappa shape index (κ3) is 2.08. The van der Waals surface area contributed by atoms with Gasteiger partial charge in [0, 0.05) is 23.1 Å². The van der Waals surface area contributed by atoms with Crippen molar-refractivity contribution in [3.05, 3.63) is 56.9 Å². The van der Waals surface area contributed by atoms with Crippen molar-refractivity contribution in [2.45, 2.75) is 0 Å². The number of rotatable bonds is 2. The molecule has 0 amide bonds. The Balaban J connectivity index is 1.95. The van der Waals surface area contributed by atoms with Crippen LogP contribution in [0, 0.1) is 10.1 Å². The first-order valence-electron chi connectivity index (χ1n) is 6.70. The van der Waals surface area contributed by atoms with E-state index in [1.165, 1.54) is 12.1 Å². The molecule has 2 aromatic carbocycles. The molecule has 1 aliphatic rings. The van der Waals surface area contributed by atoms with E-state index in [0.29, 0.717) is 33.5 Å². The van der Waals surface area contributed by atoms with Crippen LogP contribution in [0.1, 0.15) is 0 Å². The second kappa shape index (κ2) is 4.80. The summed E-state index contributed by atoms with van der Waals surface area (Å²) in [5, 5.41) is 18.3. The number of nitrogens with one attached hydrogen (secondary N) is 1. The van der Waals surface area contributed by atoms with Gasteiger partial charge in [-0.2, -0.15) is 5.10 Å². The molecule has 1 aliphatic heterocycles. The summed E-state index contributed by atoms with van der Waals surface area (Å²) in [4.78, 5) is 22.3. The molecule has 0 spiro atoms. The molecular weight excluding hydrogens is 302 g/mol. The Kier molecular flexibility index (Phi) is 2.77. The fraction of sp³-hybridized carbons (Fsp3) is 0.0667. The van der Waals surface area contributed by atoms with Gasteiger partial charge in [0.05, 0.1) is 16.0 Å². The lowest BCUT2D eigenvalue weighted by atomic mass is 10.0.